The number of hydrogen-bond donors (Lipinski definition) is 1. The molecule has 1 heterocycles. The molecule has 0 atom stereocenters. The van der Waals surface area contributed by atoms with Crippen molar-refractivity contribution in [2.75, 3.05) is 37.6 Å². The third-order valence-corrected chi connectivity index (χ3v) is 3.83. The van der Waals surface area contributed by atoms with Gasteiger partial charge < -0.3 is 10.0 Å². The van der Waals surface area contributed by atoms with Gasteiger partial charge in [-0.15, -0.1) is 0 Å². The highest BCUT2D eigenvalue weighted by Gasteiger charge is 2.19. The van der Waals surface area contributed by atoms with Gasteiger partial charge >= 0.3 is 5.97 Å². The van der Waals surface area contributed by atoms with Crippen LogP contribution in [0, 0.1) is 5.92 Å². The standard InChI is InChI=1S/C15H21ClN2O2/c1-11(2)10-17-5-7-18(8-6-17)14-4-3-12(15(19)20)9-13(14)16/h3-4,9,11H,5-8,10H2,1-2H3,(H,19,20). The van der Waals surface area contributed by atoms with Crippen LogP contribution in [0.3, 0.4) is 0 Å². The zero-order chi connectivity index (χ0) is 14.7. The van der Waals surface area contributed by atoms with Crippen molar-refractivity contribution in [3.63, 3.8) is 0 Å². The SMILES string of the molecule is CC(C)CN1CCN(c2ccc(C(=O)O)cc2Cl)CC1. The Kier molecular flexibility index (Phi) is 4.89. The van der Waals surface area contributed by atoms with Gasteiger partial charge in [0.15, 0.2) is 0 Å². The number of halogens is 1. The summed E-state index contributed by atoms with van der Waals surface area (Å²) >= 11 is 6.21. The molecule has 1 saturated heterocycles. The molecule has 4 nitrogen and oxygen atoms in total. The van der Waals surface area contributed by atoms with Crippen LogP contribution in [0.2, 0.25) is 5.02 Å². The van der Waals surface area contributed by atoms with E-state index < -0.39 is 5.97 Å². The highest BCUT2D eigenvalue weighted by molar-refractivity contribution is 6.33. The van der Waals surface area contributed by atoms with Crippen molar-refractivity contribution < 1.29 is 9.90 Å². The number of benzene rings is 1. The average molecular weight is 297 g/mol. The zero-order valence-corrected chi connectivity index (χ0v) is 12.7. The van der Waals surface area contributed by atoms with Crippen molar-refractivity contribution in [2.45, 2.75) is 13.8 Å². The highest BCUT2D eigenvalue weighted by Crippen LogP contribution is 2.28. The molecule has 5 heteroatoms. The largest absolute Gasteiger partial charge is 0.478 e. The number of carboxylic acids is 1. The quantitative estimate of drug-likeness (QED) is 0.928. The smallest absolute Gasteiger partial charge is 0.335 e. The Hall–Kier alpha value is -1.26. The van der Waals surface area contributed by atoms with Gasteiger partial charge in [-0.3, -0.25) is 4.90 Å². The van der Waals surface area contributed by atoms with Crippen molar-refractivity contribution in [1.82, 2.24) is 4.90 Å². The number of hydrogen-bond acceptors (Lipinski definition) is 3. The Bertz CT molecular complexity index is 483. The summed E-state index contributed by atoms with van der Waals surface area (Å²) in [6, 6.07) is 4.95. The van der Waals surface area contributed by atoms with E-state index in [0.717, 1.165) is 38.4 Å². The van der Waals surface area contributed by atoms with E-state index in [1.807, 2.05) is 6.07 Å². The minimum Gasteiger partial charge on any atom is -0.478 e. The lowest BCUT2D eigenvalue weighted by atomic mass is 10.1. The molecule has 0 spiro atoms. The fourth-order valence-electron chi connectivity index (χ4n) is 2.58. The average Bonchev–Trinajstić information content (AvgIpc) is 2.39. The second kappa shape index (κ2) is 6.46. The lowest BCUT2D eigenvalue weighted by Gasteiger charge is -2.37. The molecule has 0 bridgehead atoms. The second-order valence-electron chi connectivity index (χ2n) is 5.65. The van der Waals surface area contributed by atoms with Crippen LogP contribution < -0.4 is 4.90 Å². The number of carboxylic acid groups (broad SMARTS) is 1. The number of rotatable bonds is 4. The molecule has 1 aromatic carbocycles. The molecule has 0 unspecified atom stereocenters. The van der Waals surface area contributed by atoms with Crippen LogP contribution in [0.15, 0.2) is 18.2 Å². The van der Waals surface area contributed by atoms with Gasteiger partial charge in [0, 0.05) is 32.7 Å². The fraction of sp³-hybridized carbons (Fsp3) is 0.533. The predicted octanol–water partition coefficient (Wildman–Crippen LogP) is 2.82. The van der Waals surface area contributed by atoms with Gasteiger partial charge in [-0.05, 0) is 24.1 Å². The van der Waals surface area contributed by atoms with E-state index in [1.165, 1.54) is 6.07 Å². The molecule has 1 aliphatic heterocycles. The minimum atomic E-state index is -0.944. The van der Waals surface area contributed by atoms with Crippen molar-refractivity contribution in [3.05, 3.63) is 28.8 Å². The lowest BCUT2D eigenvalue weighted by molar-refractivity contribution is 0.0697. The van der Waals surface area contributed by atoms with Gasteiger partial charge in [0.25, 0.3) is 0 Å². The van der Waals surface area contributed by atoms with E-state index in [-0.39, 0.29) is 5.56 Å². The number of nitrogens with zero attached hydrogens (tertiary/aromatic N) is 2. The second-order valence-corrected chi connectivity index (χ2v) is 6.06. The predicted molar refractivity (Wildman–Crippen MR) is 81.9 cm³/mol. The van der Waals surface area contributed by atoms with Crippen LogP contribution >= 0.6 is 11.6 Å². The van der Waals surface area contributed by atoms with E-state index in [9.17, 15) is 4.79 Å². The summed E-state index contributed by atoms with van der Waals surface area (Å²) in [7, 11) is 0. The summed E-state index contributed by atoms with van der Waals surface area (Å²) in [5.41, 5.74) is 1.16. The molecule has 110 valence electrons. The third-order valence-electron chi connectivity index (χ3n) is 3.53. The lowest BCUT2D eigenvalue weighted by Crippen LogP contribution is -2.47. The van der Waals surface area contributed by atoms with E-state index in [1.54, 1.807) is 6.07 Å². The highest BCUT2D eigenvalue weighted by atomic mass is 35.5. The fourth-order valence-corrected chi connectivity index (χ4v) is 2.88. The molecule has 1 N–H and O–H groups in total. The van der Waals surface area contributed by atoms with Gasteiger partial charge in [0.05, 0.1) is 16.3 Å². The first-order valence-electron chi connectivity index (χ1n) is 6.97. The number of aromatic carboxylic acids is 1. The number of anilines is 1. The summed E-state index contributed by atoms with van der Waals surface area (Å²) in [5, 5.41) is 9.47. The zero-order valence-electron chi connectivity index (χ0n) is 12.0. The summed E-state index contributed by atoms with van der Waals surface area (Å²) in [5.74, 6) is -0.264. The molecule has 0 amide bonds. The molecule has 1 aliphatic rings. The molecular formula is C15H21ClN2O2. The summed E-state index contributed by atoms with van der Waals surface area (Å²) in [6.07, 6.45) is 0. The molecule has 20 heavy (non-hydrogen) atoms. The third kappa shape index (κ3) is 3.64. The molecular weight excluding hydrogens is 276 g/mol. The van der Waals surface area contributed by atoms with Crippen LogP contribution in [0.5, 0.6) is 0 Å². The van der Waals surface area contributed by atoms with E-state index in [2.05, 4.69) is 23.6 Å². The first kappa shape index (κ1) is 15.1. The van der Waals surface area contributed by atoms with E-state index >= 15 is 0 Å². The van der Waals surface area contributed by atoms with Gasteiger partial charge in [-0.25, -0.2) is 4.79 Å². The normalized spacial score (nSPS) is 16.7. The van der Waals surface area contributed by atoms with Gasteiger partial charge in [0.2, 0.25) is 0 Å². The molecule has 2 rings (SSSR count). The molecule has 0 saturated carbocycles. The summed E-state index contributed by atoms with van der Waals surface area (Å²) in [4.78, 5) is 15.6. The minimum absolute atomic E-state index is 0.234. The Labute approximate surface area is 124 Å². The van der Waals surface area contributed by atoms with Crippen molar-refractivity contribution in [3.8, 4) is 0 Å². The van der Waals surface area contributed by atoms with Gasteiger partial charge in [0.1, 0.15) is 0 Å². The number of piperazine rings is 1. The van der Waals surface area contributed by atoms with Crippen LogP contribution in [0.25, 0.3) is 0 Å². The molecule has 1 aromatic rings. The van der Waals surface area contributed by atoms with Crippen molar-refractivity contribution in [1.29, 1.82) is 0 Å². The molecule has 0 aliphatic carbocycles. The van der Waals surface area contributed by atoms with Crippen molar-refractivity contribution >= 4 is 23.3 Å². The van der Waals surface area contributed by atoms with E-state index in [4.69, 9.17) is 16.7 Å². The van der Waals surface area contributed by atoms with Crippen LogP contribution in [-0.4, -0.2) is 48.7 Å². The maximum Gasteiger partial charge on any atom is 0.335 e. The Morgan fingerprint density at radius 2 is 1.95 bits per heavy atom. The van der Waals surface area contributed by atoms with Crippen LogP contribution in [0.1, 0.15) is 24.2 Å². The number of carbonyl (C=O) groups is 1. The maximum atomic E-state index is 10.9. The maximum absolute atomic E-state index is 10.9. The van der Waals surface area contributed by atoms with Gasteiger partial charge in [-0.2, -0.15) is 0 Å². The molecule has 1 fully saturated rings. The summed E-state index contributed by atoms with van der Waals surface area (Å²) < 4.78 is 0. The topological polar surface area (TPSA) is 43.8 Å². The van der Waals surface area contributed by atoms with Crippen LogP contribution in [0.4, 0.5) is 5.69 Å². The van der Waals surface area contributed by atoms with Crippen LogP contribution in [-0.2, 0) is 0 Å². The van der Waals surface area contributed by atoms with E-state index in [0.29, 0.717) is 10.9 Å². The Morgan fingerprint density at radius 1 is 1.30 bits per heavy atom. The monoisotopic (exact) mass is 296 g/mol. The molecule has 0 radical (unpaired) electrons. The first-order chi connectivity index (χ1) is 9.47. The first-order valence-corrected chi connectivity index (χ1v) is 7.35. The van der Waals surface area contributed by atoms with Gasteiger partial charge in [-0.1, -0.05) is 25.4 Å². The Morgan fingerprint density at radius 3 is 2.45 bits per heavy atom. The summed E-state index contributed by atoms with van der Waals surface area (Å²) in [6.45, 7) is 9.49. The Balaban J connectivity index is 2.02. The van der Waals surface area contributed by atoms with Crippen molar-refractivity contribution in [2.24, 2.45) is 5.92 Å². The molecule has 0 aromatic heterocycles.